The molecule has 5 rings (SSSR count). The molecule has 0 amide bonds. The zero-order chi connectivity index (χ0) is 27.5. The zero-order valence-corrected chi connectivity index (χ0v) is 23.6. The summed E-state index contributed by atoms with van der Waals surface area (Å²) in [6, 6.07) is 20.5. The van der Waals surface area contributed by atoms with Crippen molar-refractivity contribution in [1.82, 2.24) is 4.57 Å². The number of benzene rings is 3. The highest BCUT2D eigenvalue weighted by molar-refractivity contribution is 9.10. The number of rotatable bonds is 7. The van der Waals surface area contributed by atoms with E-state index >= 15 is 0 Å². The number of aromatic nitrogens is 1. The fourth-order valence-electron chi connectivity index (χ4n) is 4.48. The van der Waals surface area contributed by atoms with Crippen molar-refractivity contribution in [3.05, 3.63) is 131 Å². The molecule has 1 atom stereocenters. The molecule has 0 bridgehead atoms. The van der Waals surface area contributed by atoms with Gasteiger partial charge in [-0.05, 0) is 69.4 Å². The predicted molar refractivity (Wildman–Crippen MR) is 152 cm³/mol. The molecule has 1 aliphatic heterocycles. The Morgan fingerprint density at radius 2 is 1.92 bits per heavy atom. The molecule has 2 heterocycles. The number of hydrogen-bond acceptors (Lipinski definition) is 6. The van der Waals surface area contributed by atoms with Gasteiger partial charge in [-0.15, -0.1) is 0 Å². The van der Waals surface area contributed by atoms with Gasteiger partial charge in [0.05, 0.1) is 33.4 Å². The van der Waals surface area contributed by atoms with Gasteiger partial charge in [-0.25, -0.2) is 14.2 Å². The third-order valence-electron chi connectivity index (χ3n) is 6.30. The van der Waals surface area contributed by atoms with Gasteiger partial charge in [0.25, 0.3) is 5.56 Å². The number of hydrogen-bond donors (Lipinski definition) is 0. The van der Waals surface area contributed by atoms with Crippen molar-refractivity contribution in [1.29, 1.82) is 0 Å². The first kappa shape index (κ1) is 26.8. The molecule has 1 aromatic heterocycles. The number of esters is 1. The van der Waals surface area contributed by atoms with Crippen LogP contribution in [0.2, 0.25) is 0 Å². The van der Waals surface area contributed by atoms with Gasteiger partial charge in [-0.3, -0.25) is 9.36 Å². The van der Waals surface area contributed by atoms with E-state index in [1.807, 2.05) is 49.4 Å². The SMILES string of the molecule is CCC1=C(C(=O)OC)[C@@H](c2ccccc2)n2c(s/c(=C\c3ccc(OCc4cccc(F)c4)c(Br)c3)c2=O)=N1. The molecule has 3 aromatic carbocycles. The molecule has 0 saturated carbocycles. The molecule has 0 saturated heterocycles. The van der Waals surface area contributed by atoms with Crippen molar-refractivity contribution in [2.75, 3.05) is 7.11 Å². The van der Waals surface area contributed by atoms with Gasteiger partial charge in [-0.1, -0.05) is 66.8 Å². The highest BCUT2D eigenvalue weighted by Crippen LogP contribution is 2.32. The van der Waals surface area contributed by atoms with Crippen molar-refractivity contribution >= 4 is 39.3 Å². The lowest BCUT2D eigenvalue weighted by molar-refractivity contribution is -0.136. The van der Waals surface area contributed by atoms with Crippen LogP contribution in [0, 0.1) is 5.82 Å². The van der Waals surface area contributed by atoms with Gasteiger partial charge in [0, 0.05) is 0 Å². The Labute approximate surface area is 236 Å². The summed E-state index contributed by atoms with van der Waals surface area (Å²) in [5, 5.41) is 0. The number of methoxy groups -OCH3 is 1. The lowest BCUT2D eigenvalue weighted by Gasteiger charge is -2.25. The Balaban J connectivity index is 1.53. The lowest BCUT2D eigenvalue weighted by Crippen LogP contribution is -2.40. The summed E-state index contributed by atoms with van der Waals surface area (Å²) in [7, 11) is 1.33. The largest absolute Gasteiger partial charge is 0.488 e. The zero-order valence-electron chi connectivity index (χ0n) is 21.2. The molecular formula is C30H24BrFN2O4S. The number of ether oxygens (including phenoxy) is 2. The predicted octanol–water partition coefficient (Wildman–Crippen LogP) is 5.28. The van der Waals surface area contributed by atoms with E-state index in [0.717, 1.165) is 16.7 Å². The first-order valence-electron chi connectivity index (χ1n) is 12.2. The quantitative estimate of drug-likeness (QED) is 0.268. The first-order valence-corrected chi connectivity index (χ1v) is 13.9. The Bertz CT molecular complexity index is 1760. The molecule has 0 radical (unpaired) electrons. The van der Waals surface area contributed by atoms with Crippen molar-refractivity contribution in [2.45, 2.75) is 26.0 Å². The Kier molecular flexibility index (Phi) is 7.90. The van der Waals surface area contributed by atoms with Crippen LogP contribution in [-0.4, -0.2) is 17.6 Å². The number of fused-ring (bicyclic) bond motifs is 1. The van der Waals surface area contributed by atoms with Crippen LogP contribution in [0.5, 0.6) is 5.75 Å². The van der Waals surface area contributed by atoms with Crippen LogP contribution in [0.4, 0.5) is 4.39 Å². The molecule has 4 aromatic rings. The standard InChI is InChI=1S/C30H24BrFN2O4S/c1-3-23-26(29(36)37-2)27(20-9-5-4-6-10-20)34-28(35)25(39-30(34)33-23)16-18-12-13-24(22(31)15-18)38-17-19-8-7-11-21(32)14-19/h4-16,27H,3,17H2,1-2H3/b25-16-/t27-/m1/s1. The second kappa shape index (κ2) is 11.5. The van der Waals surface area contributed by atoms with E-state index in [9.17, 15) is 14.0 Å². The Morgan fingerprint density at radius 3 is 2.62 bits per heavy atom. The minimum atomic E-state index is -0.641. The molecular weight excluding hydrogens is 583 g/mol. The molecule has 9 heteroatoms. The average molecular weight is 608 g/mol. The summed E-state index contributed by atoms with van der Waals surface area (Å²) in [4.78, 5) is 31.8. The average Bonchev–Trinajstić information content (AvgIpc) is 3.25. The van der Waals surface area contributed by atoms with Crippen LogP contribution in [0.1, 0.15) is 36.1 Å². The normalized spacial score (nSPS) is 15.1. The second-order valence-electron chi connectivity index (χ2n) is 8.81. The van der Waals surface area contributed by atoms with Gasteiger partial charge >= 0.3 is 5.97 Å². The Morgan fingerprint density at radius 1 is 1.13 bits per heavy atom. The van der Waals surface area contributed by atoms with Crippen molar-refractivity contribution in [3.8, 4) is 5.75 Å². The molecule has 6 nitrogen and oxygen atoms in total. The minimum absolute atomic E-state index is 0.218. The summed E-state index contributed by atoms with van der Waals surface area (Å²) in [5.41, 5.74) is 3.03. The van der Waals surface area contributed by atoms with Gasteiger partial charge in [0.15, 0.2) is 4.80 Å². The fraction of sp³-hybridized carbons (Fsp3) is 0.167. The summed E-state index contributed by atoms with van der Waals surface area (Å²) in [6.45, 7) is 2.14. The van der Waals surface area contributed by atoms with Crippen molar-refractivity contribution < 1.29 is 18.7 Å². The maximum atomic E-state index is 13.7. The number of carbonyl (C=O) groups excluding carboxylic acids is 1. The molecule has 1 aliphatic rings. The highest BCUT2D eigenvalue weighted by Gasteiger charge is 2.33. The number of halogens is 2. The van der Waals surface area contributed by atoms with E-state index in [0.29, 0.717) is 37.2 Å². The summed E-state index contributed by atoms with van der Waals surface area (Å²) >= 11 is 4.81. The number of allylic oxidation sites excluding steroid dienone is 1. The molecule has 0 spiro atoms. The highest BCUT2D eigenvalue weighted by atomic mass is 79.9. The van der Waals surface area contributed by atoms with E-state index in [4.69, 9.17) is 9.47 Å². The van der Waals surface area contributed by atoms with Crippen molar-refractivity contribution in [2.24, 2.45) is 4.99 Å². The van der Waals surface area contributed by atoms with Crippen molar-refractivity contribution in [3.63, 3.8) is 0 Å². The lowest BCUT2D eigenvalue weighted by atomic mass is 9.95. The van der Waals surface area contributed by atoms with Crippen LogP contribution in [-0.2, 0) is 16.1 Å². The van der Waals surface area contributed by atoms with Gasteiger partial charge in [0.1, 0.15) is 18.2 Å². The van der Waals surface area contributed by atoms with Crippen LogP contribution in [0.3, 0.4) is 0 Å². The molecule has 198 valence electrons. The second-order valence-corrected chi connectivity index (χ2v) is 10.7. The van der Waals surface area contributed by atoms with Gasteiger partial charge < -0.3 is 9.47 Å². The maximum absolute atomic E-state index is 13.7. The molecule has 0 unspecified atom stereocenters. The summed E-state index contributed by atoms with van der Waals surface area (Å²) in [6.07, 6.45) is 2.31. The molecule has 0 aliphatic carbocycles. The van der Waals surface area contributed by atoms with Crippen LogP contribution in [0.15, 0.2) is 98.3 Å². The molecule has 39 heavy (non-hydrogen) atoms. The third kappa shape index (κ3) is 5.51. The summed E-state index contributed by atoms with van der Waals surface area (Å²) in [5.74, 6) is -0.222. The molecule has 0 fully saturated rings. The monoisotopic (exact) mass is 606 g/mol. The Hall–Kier alpha value is -3.82. The number of nitrogens with zero attached hydrogens (tertiary/aromatic N) is 2. The summed E-state index contributed by atoms with van der Waals surface area (Å²) < 4.78 is 27.2. The van der Waals surface area contributed by atoms with E-state index in [1.54, 1.807) is 28.8 Å². The van der Waals surface area contributed by atoms with Crippen LogP contribution < -0.4 is 19.6 Å². The van der Waals surface area contributed by atoms with Gasteiger partial charge in [-0.2, -0.15) is 0 Å². The van der Waals surface area contributed by atoms with Crippen LogP contribution in [0.25, 0.3) is 6.08 Å². The fourth-order valence-corrected chi connectivity index (χ4v) is 6.01. The number of thiazole rings is 1. The van der Waals surface area contributed by atoms with Crippen LogP contribution >= 0.6 is 27.3 Å². The van der Waals surface area contributed by atoms with E-state index in [2.05, 4.69) is 20.9 Å². The number of carbonyl (C=O) groups is 1. The minimum Gasteiger partial charge on any atom is -0.488 e. The topological polar surface area (TPSA) is 69.9 Å². The third-order valence-corrected chi connectivity index (χ3v) is 7.91. The van der Waals surface area contributed by atoms with E-state index in [-0.39, 0.29) is 18.0 Å². The smallest absolute Gasteiger partial charge is 0.338 e. The van der Waals surface area contributed by atoms with E-state index < -0.39 is 12.0 Å². The maximum Gasteiger partial charge on any atom is 0.338 e. The molecule has 0 N–H and O–H groups in total. The van der Waals surface area contributed by atoms with Gasteiger partial charge in [0.2, 0.25) is 0 Å². The van der Waals surface area contributed by atoms with E-state index in [1.165, 1.54) is 30.6 Å². The first-order chi connectivity index (χ1) is 18.9.